The molecular weight excluding hydrogens is 481 g/mol. The van der Waals surface area contributed by atoms with Gasteiger partial charge in [-0.3, -0.25) is 4.98 Å². The Morgan fingerprint density at radius 1 is 1.17 bits per heavy atom. The van der Waals surface area contributed by atoms with Crippen LogP contribution in [0.2, 0.25) is 0 Å². The standard InChI is InChI=1S/C26H28IN3/c1-9-15-30-23(8)25(26-24(30)11-10-14-28-26)29-22(7)19(4)16-18(3)21(6)17(2)12-13-20(5)27/h9-14,16H,1,4,6-8,15H2,2-3,5H3/b17-12+,18-16-,20-13+,29-25?. The number of anilines is 1. The molecule has 0 aromatic carbocycles. The second kappa shape index (κ2) is 10.3. The van der Waals surface area contributed by atoms with Crippen molar-refractivity contribution < 1.29 is 0 Å². The van der Waals surface area contributed by atoms with Gasteiger partial charge in [-0.2, -0.15) is 0 Å². The molecule has 0 fully saturated rings. The quantitative estimate of drug-likeness (QED) is 0.210. The third-order valence-corrected chi connectivity index (χ3v) is 5.10. The summed E-state index contributed by atoms with van der Waals surface area (Å²) in [6, 6.07) is 3.91. The lowest BCUT2D eigenvalue weighted by atomic mass is 9.99. The molecule has 3 nitrogen and oxygen atoms in total. The van der Waals surface area contributed by atoms with Crippen molar-refractivity contribution in [3.05, 3.63) is 118 Å². The van der Waals surface area contributed by atoms with Crippen LogP contribution in [0.5, 0.6) is 0 Å². The van der Waals surface area contributed by atoms with Gasteiger partial charge in [-0.15, -0.1) is 6.58 Å². The zero-order valence-corrected chi connectivity index (χ0v) is 20.2. The number of hydrogen-bond donors (Lipinski definition) is 0. The molecule has 1 aliphatic rings. The molecule has 4 heteroatoms. The highest BCUT2D eigenvalue weighted by Crippen LogP contribution is 2.33. The number of aliphatic imine (C=N–C) groups is 1. The Kier molecular flexibility index (Phi) is 8.12. The van der Waals surface area contributed by atoms with Crippen LogP contribution in [0.3, 0.4) is 0 Å². The SMILES string of the molecule is C=CCN1C(=C)C(=NC(=C)C(=C)/C=C(/C)C(=C)/C(C)=C/C=C(\C)I)c2ncccc21. The predicted octanol–water partition coefficient (Wildman–Crippen LogP) is 7.25. The lowest BCUT2D eigenvalue weighted by Gasteiger charge is -2.17. The zero-order chi connectivity index (χ0) is 22.4. The molecule has 0 radical (unpaired) electrons. The summed E-state index contributed by atoms with van der Waals surface area (Å²) in [7, 11) is 0. The second-order valence-corrected chi connectivity index (χ2v) is 8.76. The maximum absolute atomic E-state index is 4.73. The topological polar surface area (TPSA) is 28.5 Å². The van der Waals surface area contributed by atoms with E-state index >= 15 is 0 Å². The summed E-state index contributed by atoms with van der Waals surface area (Å²) in [6.07, 6.45) is 9.69. The zero-order valence-electron chi connectivity index (χ0n) is 18.0. The van der Waals surface area contributed by atoms with E-state index in [1.165, 1.54) is 3.58 Å². The summed E-state index contributed by atoms with van der Waals surface area (Å²) in [4.78, 5) is 11.3. The highest BCUT2D eigenvalue weighted by atomic mass is 127. The van der Waals surface area contributed by atoms with Crippen molar-refractivity contribution in [3.8, 4) is 0 Å². The number of allylic oxidation sites excluding steroid dienone is 8. The van der Waals surface area contributed by atoms with E-state index < -0.39 is 0 Å². The van der Waals surface area contributed by atoms with E-state index in [1.54, 1.807) is 6.20 Å². The van der Waals surface area contributed by atoms with Crippen LogP contribution < -0.4 is 4.90 Å². The molecule has 0 atom stereocenters. The van der Waals surface area contributed by atoms with Crippen molar-refractivity contribution in [2.45, 2.75) is 20.8 Å². The average Bonchev–Trinajstić information content (AvgIpc) is 2.97. The van der Waals surface area contributed by atoms with E-state index in [0.717, 1.165) is 39.4 Å². The fourth-order valence-electron chi connectivity index (χ4n) is 2.95. The lowest BCUT2D eigenvalue weighted by molar-refractivity contribution is 1.08. The fourth-order valence-corrected chi connectivity index (χ4v) is 3.13. The number of nitrogens with zero attached hydrogens (tertiary/aromatic N) is 3. The molecule has 2 rings (SSSR count). The van der Waals surface area contributed by atoms with Crippen molar-refractivity contribution in [2.75, 3.05) is 11.4 Å². The Labute approximate surface area is 194 Å². The number of aromatic nitrogens is 1. The van der Waals surface area contributed by atoms with E-state index in [2.05, 4.69) is 79.5 Å². The van der Waals surface area contributed by atoms with Crippen molar-refractivity contribution in [1.29, 1.82) is 0 Å². The monoisotopic (exact) mass is 509 g/mol. The third kappa shape index (κ3) is 5.45. The minimum atomic E-state index is 0.569. The summed E-state index contributed by atoms with van der Waals surface area (Å²) in [6.45, 7) is 27.3. The predicted molar refractivity (Wildman–Crippen MR) is 140 cm³/mol. The molecule has 0 spiro atoms. The van der Waals surface area contributed by atoms with Gasteiger partial charge >= 0.3 is 0 Å². The Morgan fingerprint density at radius 2 is 1.87 bits per heavy atom. The molecule has 1 aromatic heterocycles. The smallest absolute Gasteiger partial charge is 0.114 e. The first-order valence-electron chi connectivity index (χ1n) is 9.56. The number of fused-ring (bicyclic) bond motifs is 1. The second-order valence-electron chi connectivity index (χ2n) is 7.06. The van der Waals surface area contributed by atoms with E-state index in [0.29, 0.717) is 18.0 Å². The van der Waals surface area contributed by atoms with Crippen LogP contribution in [-0.4, -0.2) is 17.2 Å². The summed E-state index contributed by atoms with van der Waals surface area (Å²) >= 11 is 2.29. The van der Waals surface area contributed by atoms with Gasteiger partial charge in [0.1, 0.15) is 11.4 Å². The number of rotatable bonds is 8. The molecule has 2 heterocycles. The summed E-state index contributed by atoms with van der Waals surface area (Å²) in [5, 5.41) is 0. The van der Waals surface area contributed by atoms with Crippen LogP contribution in [0, 0.1) is 0 Å². The molecular formula is C26H28IN3. The van der Waals surface area contributed by atoms with Gasteiger partial charge in [-0.1, -0.05) is 44.5 Å². The Hall–Kier alpha value is -2.73. The first-order valence-corrected chi connectivity index (χ1v) is 10.6. The van der Waals surface area contributed by atoms with Crippen LogP contribution in [0.1, 0.15) is 26.5 Å². The first-order chi connectivity index (χ1) is 14.2. The highest BCUT2D eigenvalue weighted by Gasteiger charge is 2.29. The Bertz CT molecular complexity index is 1040. The molecule has 1 aromatic rings. The molecule has 30 heavy (non-hydrogen) atoms. The van der Waals surface area contributed by atoms with Gasteiger partial charge in [0.25, 0.3) is 0 Å². The molecule has 1 aliphatic heterocycles. The minimum Gasteiger partial charge on any atom is -0.334 e. The van der Waals surface area contributed by atoms with Crippen molar-refractivity contribution in [2.24, 2.45) is 4.99 Å². The Balaban J connectivity index is 2.28. The van der Waals surface area contributed by atoms with Gasteiger partial charge in [0, 0.05) is 12.7 Å². The summed E-state index contributed by atoms with van der Waals surface area (Å²) in [5.74, 6) is 0. The van der Waals surface area contributed by atoms with Gasteiger partial charge in [-0.25, -0.2) is 4.99 Å². The van der Waals surface area contributed by atoms with Crippen LogP contribution in [0.4, 0.5) is 5.69 Å². The van der Waals surface area contributed by atoms with E-state index in [1.807, 2.05) is 43.0 Å². The van der Waals surface area contributed by atoms with Crippen LogP contribution in [-0.2, 0) is 0 Å². The van der Waals surface area contributed by atoms with Crippen LogP contribution in [0.15, 0.2) is 118 Å². The van der Waals surface area contributed by atoms with Gasteiger partial charge in [0.15, 0.2) is 0 Å². The van der Waals surface area contributed by atoms with Gasteiger partial charge in [0.2, 0.25) is 0 Å². The molecule has 154 valence electrons. The van der Waals surface area contributed by atoms with Crippen molar-refractivity contribution in [1.82, 2.24) is 4.98 Å². The minimum absolute atomic E-state index is 0.569. The van der Waals surface area contributed by atoms with Gasteiger partial charge in [0.05, 0.1) is 17.1 Å². The number of halogens is 1. The Morgan fingerprint density at radius 3 is 2.50 bits per heavy atom. The normalized spacial score (nSPS) is 16.0. The summed E-state index contributed by atoms with van der Waals surface area (Å²) in [5.41, 5.74) is 7.63. The third-order valence-electron chi connectivity index (χ3n) is 4.74. The maximum atomic E-state index is 4.73. The van der Waals surface area contributed by atoms with E-state index in [4.69, 9.17) is 4.99 Å². The van der Waals surface area contributed by atoms with Crippen LogP contribution >= 0.6 is 22.6 Å². The largest absolute Gasteiger partial charge is 0.334 e. The molecule has 0 N–H and O–H groups in total. The molecule has 0 saturated carbocycles. The van der Waals surface area contributed by atoms with Crippen molar-refractivity contribution in [3.63, 3.8) is 0 Å². The van der Waals surface area contributed by atoms with Crippen LogP contribution in [0.25, 0.3) is 0 Å². The highest BCUT2D eigenvalue weighted by molar-refractivity contribution is 14.1. The molecule has 0 aliphatic carbocycles. The number of hydrogen-bond acceptors (Lipinski definition) is 3. The molecule has 0 unspecified atom stereocenters. The fraction of sp³-hybridized carbons (Fsp3) is 0.154. The van der Waals surface area contributed by atoms with E-state index in [-0.39, 0.29) is 0 Å². The molecule has 0 amide bonds. The van der Waals surface area contributed by atoms with E-state index in [9.17, 15) is 0 Å². The number of pyridine rings is 1. The van der Waals surface area contributed by atoms with Crippen molar-refractivity contribution >= 4 is 34.0 Å². The average molecular weight is 509 g/mol. The van der Waals surface area contributed by atoms with Gasteiger partial charge in [-0.05, 0) is 87.4 Å². The summed E-state index contributed by atoms with van der Waals surface area (Å²) < 4.78 is 1.21. The lowest BCUT2D eigenvalue weighted by Crippen LogP contribution is -2.19. The maximum Gasteiger partial charge on any atom is 0.114 e. The first kappa shape index (κ1) is 23.5. The van der Waals surface area contributed by atoms with Gasteiger partial charge < -0.3 is 4.90 Å². The molecule has 0 saturated heterocycles. The molecule has 0 bridgehead atoms.